The lowest BCUT2D eigenvalue weighted by atomic mass is 10.3. The standard InChI is InChI=1S/C11H15NO4/c1-3-4-6-15-10(13)5-7-16-11(14)9(2)8-12/h2-7H2,1H3. The Labute approximate surface area is 94.6 Å². The zero-order valence-electron chi connectivity index (χ0n) is 9.32. The van der Waals surface area contributed by atoms with E-state index in [1.54, 1.807) is 6.07 Å². The highest BCUT2D eigenvalue weighted by Crippen LogP contribution is 1.96. The number of carbonyl (C=O) groups is 2. The highest BCUT2D eigenvalue weighted by molar-refractivity contribution is 5.92. The van der Waals surface area contributed by atoms with Crippen LogP contribution in [0.1, 0.15) is 26.2 Å². The summed E-state index contributed by atoms with van der Waals surface area (Å²) in [5, 5.41) is 8.31. The molecule has 0 aromatic carbocycles. The minimum Gasteiger partial charge on any atom is -0.466 e. The Morgan fingerprint density at radius 3 is 2.56 bits per heavy atom. The molecular weight excluding hydrogens is 210 g/mol. The number of nitrogens with zero attached hydrogens (tertiary/aromatic N) is 1. The van der Waals surface area contributed by atoms with E-state index < -0.39 is 11.9 Å². The molecule has 0 atom stereocenters. The van der Waals surface area contributed by atoms with Gasteiger partial charge in [-0.2, -0.15) is 5.26 Å². The van der Waals surface area contributed by atoms with Gasteiger partial charge in [-0.1, -0.05) is 19.9 Å². The summed E-state index contributed by atoms with van der Waals surface area (Å²) in [5.74, 6) is -1.22. The van der Waals surface area contributed by atoms with Crippen LogP contribution in [0.25, 0.3) is 0 Å². The van der Waals surface area contributed by atoms with E-state index in [2.05, 4.69) is 11.3 Å². The fraction of sp³-hybridized carbons (Fsp3) is 0.545. The molecule has 0 spiro atoms. The van der Waals surface area contributed by atoms with Gasteiger partial charge in [0.25, 0.3) is 0 Å². The van der Waals surface area contributed by atoms with Crippen molar-refractivity contribution in [1.82, 2.24) is 0 Å². The number of unbranched alkanes of at least 4 members (excludes halogenated alkanes) is 1. The maximum Gasteiger partial charge on any atom is 0.348 e. The monoisotopic (exact) mass is 225 g/mol. The fourth-order valence-electron chi connectivity index (χ4n) is 0.762. The first kappa shape index (κ1) is 14.2. The van der Waals surface area contributed by atoms with Gasteiger partial charge in [-0.15, -0.1) is 0 Å². The van der Waals surface area contributed by atoms with Crippen molar-refractivity contribution in [2.75, 3.05) is 13.2 Å². The summed E-state index contributed by atoms with van der Waals surface area (Å²) in [6.45, 7) is 5.46. The molecule has 0 aromatic heterocycles. The minimum atomic E-state index is -0.802. The molecule has 0 unspecified atom stereocenters. The fourth-order valence-corrected chi connectivity index (χ4v) is 0.762. The molecule has 0 fully saturated rings. The maximum absolute atomic E-state index is 11.0. The van der Waals surface area contributed by atoms with Crippen LogP contribution < -0.4 is 0 Å². The first-order valence-electron chi connectivity index (χ1n) is 5.03. The first-order chi connectivity index (χ1) is 7.61. The lowest BCUT2D eigenvalue weighted by Gasteiger charge is -2.04. The van der Waals surface area contributed by atoms with Crippen LogP contribution in [0.15, 0.2) is 12.2 Å². The van der Waals surface area contributed by atoms with Gasteiger partial charge in [0.1, 0.15) is 18.2 Å². The second-order valence-corrected chi connectivity index (χ2v) is 3.05. The molecule has 0 aliphatic heterocycles. The maximum atomic E-state index is 11.0. The van der Waals surface area contributed by atoms with Gasteiger partial charge in [0.2, 0.25) is 0 Å². The third-order valence-corrected chi connectivity index (χ3v) is 1.68. The van der Waals surface area contributed by atoms with Gasteiger partial charge in [-0.3, -0.25) is 4.79 Å². The molecule has 0 rings (SSSR count). The zero-order valence-corrected chi connectivity index (χ0v) is 9.32. The molecule has 5 nitrogen and oxygen atoms in total. The molecule has 0 aliphatic rings. The molecule has 0 radical (unpaired) electrons. The molecular formula is C11H15NO4. The summed E-state index contributed by atoms with van der Waals surface area (Å²) in [4.78, 5) is 22.0. The molecule has 0 heterocycles. The van der Waals surface area contributed by atoms with E-state index in [1.165, 1.54) is 0 Å². The normalized spacial score (nSPS) is 9.00. The summed E-state index contributed by atoms with van der Waals surface area (Å²) >= 11 is 0. The van der Waals surface area contributed by atoms with Crippen LogP contribution in [-0.2, 0) is 19.1 Å². The van der Waals surface area contributed by atoms with Crippen molar-refractivity contribution in [3.8, 4) is 6.07 Å². The number of ether oxygens (including phenoxy) is 2. The number of hydrogen-bond donors (Lipinski definition) is 0. The Hall–Kier alpha value is -1.83. The predicted octanol–water partition coefficient (Wildman–Crippen LogP) is 1.34. The third-order valence-electron chi connectivity index (χ3n) is 1.68. The van der Waals surface area contributed by atoms with E-state index in [-0.39, 0.29) is 18.6 Å². The summed E-state index contributed by atoms with van der Waals surface area (Å²) in [7, 11) is 0. The summed E-state index contributed by atoms with van der Waals surface area (Å²) in [6, 6.07) is 1.56. The Kier molecular flexibility index (Phi) is 7.51. The van der Waals surface area contributed by atoms with E-state index in [4.69, 9.17) is 10.00 Å². The number of nitriles is 1. The van der Waals surface area contributed by atoms with Gasteiger partial charge in [0.15, 0.2) is 0 Å². The molecule has 0 bridgehead atoms. The topological polar surface area (TPSA) is 76.4 Å². The number of hydrogen-bond acceptors (Lipinski definition) is 5. The highest BCUT2D eigenvalue weighted by atomic mass is 16.5. The Morgan fingerprint density at radius 1 is 1.31 bits per heavy atom. The quantitative estimate of drug-likeness (QED) is 0.283. The van der Waals surface area contributed by atoms with Crippen molar-refractivity contribution >= 4 is 11.9 Å². The van der Waals surface area contributed by atoms with Crippen LogP contribution in [0.4, 0.5) is 0 Å². The van der Waals surface area contributed by atoms with Gasteiger partial charge < -0.3 is 9.47 Å². The Morgan fingerprint density at radius 2 is 2.00 bits per heavy atom. The molecule has 88 valence electrons. The molecule has 5 heteroatoms. The smallest absolute Gasteiger partial charge is 0.348 e. The first-order valence-corrected chi connectivity index (χ1v) is 5.03. The van der Waals surface area contributed by atoms with E-state index >= 15 is 0 Å². The average Bonchev–Trinajstić information content (AvgIpc) is 2.28. The third kappa shape index (κ3) is 6.60. The van der Waals surface area contributed by atoms with Crippen molar-refractivity contribution in [2.45, 2.75) is 26.2 Å². The molecule has 16 heavy (non-hydrogen) atoms. The summed E-state index contributed by atoms with van der Waals surface area (Å²) in [6.07, 6.45) is 1.76. The number of carbonyl (C=O) groups excluding carboxylic acids is 2. The second kappa shape index (κ2) is 8.48. The van der Waals surface area contributed by atoms with Crippen LogP contribution in [0, 0.1) is 11.3 Å². The van der Waals surface area contributed by atoms with E-state index in [0.717, 1.165) is 12.8 Å². The zero-order chi connectivity index (χ0) is 12.4. The van der Waals surface area contributed by atoms with Gasteiger partial charge in [0, 0.05) is 0 Å². The van der Waals surface area contributed by atoms with Crippen molar-refractivity contribution in [3.05, 3.63) is 12.2 Å². The lowest BCUT2D eigenvalue weighted by Crippen LogP contribution is -2.13. The number of rotatable bonds is 7. The van der Waals surface area contributed by atoms with Gasteiger partial charge >= 0.3 is 11.9 Å². The molecule has 0 N–H and O–H groups in total. The summed E-state index contributed by atoms with van der Waals surface area (Å²) < 4.78 is 9.44. The number of esters is 2. The van der Waals surface area contributed by atoms with Crippen molar-refractivity contribution in [1.29, 1.82) is 5.26 Å². The van der Waals surface area contributed by atoms with E-state index in [9.17, 15) is 9.59 Å². The largest absolute Gasteiger partial charge is 0.466 e. The molecule has 0 saturated heterocycles. The van der Waals surface area contributed by atoms with Gasteiger partial charge in [-0.25, -0.2) is 4.79 Å². The van der Waals surface area contributed by atoms with Crippen LogP contribution in [0.5, 0.6) is 0 Å². The molecule has 0 aromatic rings. The lowest BCUT2D eigenvalue weighted by molar-refractivity contribution is -0.147. The molecule has 0 amide bonds. The minimum absolute atomic E-state index is 0.00579. The SMILES string of the molecule is C=C(C#N)C(=O)OCCC(=O)OCCCC. The Bertz CT molecular complexity index is 304. The van der Waals surface area contributed by atoms with E-state index in [1.807, 2.05) is 6.92 Å². The van der Waals surface area contributed by atoms with Crippen molar-refractivity contribution < 1.29 is 19.1 Å². The van der Waals surface area contributed by atoms with Crippen LogP contribution in [-0.4, -0.2) is 25.2 Å². The Balaban J connectivity index is 3.59. The molecule has 0 aliphatic carbocycles. The van der Waals surface area contributed by atoms with Crippen LogP contribution in [0.3, 0.4) is 0 Å². The average molecular weight is 225 g/mol. The molecule has 0 saturated carbocycles. The van der Waals surface area contributed by atoms with Gasteiger partial charge in [-0.05, 0) is 6.42 Å². The highest BCUT2D eigenvalue weighted by Gasteiger charge is 2.09. The van der Waals surface area contributed by atoms with Crippen LogP contribution in [0.2, 0.25) is 0 Å². The predicted molar refractivity (Wildman–Crippen MR) is 56.2 cm³/mol. The second-order valence-electron chi connectivity index (χ2n) is 3.05. The van der Waals surface area contributed by atoms with Crippen molar-refractivity contribution in [3.63, 3.8) is 0 Å². The van der Waals surface area contributed by atoms with E-state index in [0.29, 0.717) is 6.61 Å². The van der Waals surface area contributed by atoms with Gasteiger partial charge in [0.05, 0.1) is 13.0 Å². The van der Waals surface area contributed by atoms with Crippen LogP contribution >= 0.6 is 0 Å². The summed E-state index contributed by atoms with van der Waals surface area (Å²) in [5.41, 5.74) is -0.278. The van der Waals surface area contributed by atoms with Crippen molar-refractivity contribution in [2.24, 2.45) is 0 Å².